The Bertz CT molecular complexity index is 907. The van der Waals surface area contributed by atoms with E-state index in [0.717, 1.165) is 28.4 Å². The third-order valence-electron chi connectivity index (χ3n) is 3.92. The van der Waals surface area contributed by atoms with Crippen molar-refractivity contribution in [3.05, 3.63) is 69.9 Å². The molecule has 1 aromatic heterocycles. The van der Waals surface area contributed by atoms with Gasteiger partial charge in [0.1, 0.15) is 11.5 Å². The molecule has 0 unspecified atom stereocenters. The molecule has 1 aliphatic heterocycles. The minimum atomic E-state index is 0.285. The predicted octanol–water partition coefficient (Wildman–Crippen LogP) is 5.27. The van der Waals surface area contributed by atoms with Crippen LogP contribution in [0.1, 0.15) is 11.3 Å². The van der Waals surface area contributed by atoms with Gasteiger partial charge in [-0.2, -0.15) is 0 Å². The normalized spacial score (nSPS) is 12.6. The van der Waals surface area contributed by atoms with Gasteiger partial charge in [0.05, 0.1) is 11.6 Å². The molecule has 0 saturated heterocycles. The summed E-state index contributed by atoms with van der Waals surface area (Å²) in [7, 11) is 0. The predicted molar refractivity (Wildman–Crippen MR) is 97.3 cm³/mol. The van der Waals surface area contributed by atoms with Gasteiger partial charge in [0.2, 0.25) is 6.79 Å². The highest BCUT2D eigenvalue weighted by molar-refractivity contribution is 6.35. The Kier molecular flexibility index (Phi) is 4.57. The summed E-state index contributed by atoms with van der Waals surface area (Å²) in [6.07, 6.45) is 0. The van der Waals surface area contributed by atoms with Crippen LogP contribution < -0.4 is 14.8 Å². The van der Waals surface area contributed by atoms with Gasteiger partial charge >= 0.3 is 0 Å². The number of hydrogen-bond donors (Lipinski definition) is 1. The number of hydrogen-bond acceptors (Lipinski definition) is 4. The molecule has 0 bridgehead atoms. The zero-order valence-corrected chi connectivity index (χ0v) is 14.7. The molecule has 25 heavy (non-hydrogen) atoms. The molecule has 1 N–H and O–H groups in total. The molecule has 0 spiro atoms. The van der Waals surface area contributed by atoms with Crippen molar-refractivity contribution >= 4 is 23.2 Å². The van der Waals surface area contributed by atoms with Crippen LogP contribution in [-0.4, -0.2) is 6.79 Å². The molecule has 0 radical (unpaired) electrons. The molecule has 4 rings (SSSR count). The quantitative estimate of drug-likeness (QED) is 0.659. The van der Waals surface area contributed by atoms with Gasteiger partial charge in [-0.05, 0) is 48.0 Å². The number of halogens is 2. The molecule has 0 fully saturated rings. The van der Waals surface area contributed by atoms with Crippen LogP contribution in [-0.2, 0) is 13.1 Å². The molecule has 6 heteroatoms. The van der Waals surface area contributed by atoms with Crippen molar-refractivity contribution in [2.75, 3.05) is 6.79 Å². The summed E-state index contributed by atoms with van der Waals surface area (Å²) < 4.78 is 16.6. The molecular weight excluding hydrogens is 361 g/mol. The summed E-state index contributed by atoms with van der Waals surface area (Å²) in [6.45, 7) is 1.59. The highest BCUT2D eigenvalue weighted by Crippen LogP contribution is 2.33. The summed E-state index contributed by atoms with van der Waals surface area (Å²) in [5.41, 5.74) is 1.91. The number of benzene rings is 2. The van der Waals surface area contributed by atoms with Crippen molar-refractivity contribution in [2.45, 2.75) is 13.1 Å². The number of nitrogens with one attached hydrogen (secondary N) is 1. The van der Waals surface area contributed by atoms with Gasteiger partial charge in [-0.3, -0.25) is 0 Å². The first-order valence-electron chi connectivity index (χ1n) is 7.82. The van der Waals surface area contributed by atoms with Gasteiger partial charge in [0.15, 0.2) is 11.5 Å². The summed E-state index contributed by atoms with van der Waals surface area (Å²) >= 11 is 12.2. The third-order valence-corrected chi connectivity index (χ3v) is 4.49. The van der Waals surface area contributed by atoms with Crippen LogP contribution in [0.5, 0.6) is 11.5 Å². The topological polar surface area (TPSA) is 43.6 Å². The Hall–Kier alpha value is -2.14. The maximum Gasteiger partial charge on any atom is 0.231 e. The summed E-state index contributed by atoms with van der Waals surface area (Å²) in [5.74, 6) is 3.10. The standard InChI is InChI=1S/C19H15Cl2NO3/c20-13-2-4-16(21)15(8-13)17-6-3-14(25-17)10-22-9-12-1-5-18-19(7-12)24-11-23-18/h1-8,22H,9-11H2. The number of ether oxygens (including phenoxy) is 2. The molecule has 128 valence electrons. The largest absolute Gasteiger partial charge is 0.460 e. The smallest absolute Gasteiger partial charge is 0.231 e. The van der Waals surface area contributed by atoms with Gasteiger partial charge in [-0.15, -0.1) is 0 Å². The minimum Gasteiger partial charge on any atom is -0.460 e. The Balaban J connectivity index is 1.39. The van der Waals surface area contributed by atoms with Crippen molar-refractivity contribution in [1.29, 1.82) is 0 Å². The molecule has 3 aromatic rings. The van der Waals surface area contributed by atoms with E-state index in [1.807, 2.05) is 30.3 Å². The Morgan fingerprint density at radius 3 is 2.68 bits per heavy atom. The van der Waals surface area contributed by atoms with Crippen LogP contribution in [0.4, 0.5) is 0 Å². The van der Waals surface area contributed by atoms with Crippen LogP contribution in [0, 0.1) is 0 Å². The van der Waals surface area contributed by atoms with E-state index in [0.29, 0.717) is 28.9 Å². The average Bonchev–Trinajstić information content (AvgIpc) is 3.26. The van der Waals surface area contributed by atoms with E-state index < -0.39 is 0 Å². The van der Waals surface area contributed by atoms with E-state index in [1.54, 1.807) is 18.2 Å². The first-order valence-corrected chi connectivity index (χ1v) is 8.58. The number of rotatable bonds is 5. The summed E-state index contributed by atoms with van der Waals surface area (Å²) in [5, 5.41) is 4.58. The first-order chi connectivity index (χ1) is 12.2. The van der Waals surface area contributed by atoms with Crippen molar-refractivity contribution in [3.8, 4) is 22.8 Å². The van der Waals surface area contributed by atoms with Gasteiger partial charge in [-0.25, -0.2) is 0 Å². The maximum absolute atomic E-state index is 6.21. The van der Waals surface area contributed by atoms with Gasteiger partial charge in [0.25, 0.3) is 0 Å². The minimum absolute atomic E-state index is 0.285. The van der Waals surface area contributed by atoms with Crippen LogP contribution in [0.25, 0.3) is 11.3 Å². The van der Waals surface area contributed by atoms with E-state index >= 15 is 0 Å². The molecule has 2 heterocycles. The molecule has 0 atom stereocenters. The average molecular weight is 376 g/mol. The Morgan fingerprint density at radius 2 is 1.76 bits per heavy atom. The van der Waals surface area contributed by atoms with Crippen molar-refractivity contribution in [3.63, 3.8) is 0 Å². The molecule has 4 nitrogen and oxygen atoms in total. The Morgan fingerprint density at radius 1 is 0.880 bits per heavy atom. The first kappa shape index (κ1) is 16.3. The third kappa shape index (κ3) is 3.61. The van der Waals surface area contributed by atoms with Crippen molar-refractivity contribution in [2.24, 2.45) is 0 Å². The number of furan rings is 1. The molecule has 1 aliphatic rings. The lowest BCUT2D eigenvalue weighted by molar-refractivity contribution is 0.174. The fraction of sp³-hybridized carbons (Fsp3) is 0.158. The number of fused-ring (bicyclic) bond motifs is 1. The van der Waals surface area contributed by atoms with Gasteiger partial charge in [0, 0.05) is 17.1 Å². The molecule has 2 aromatic carbocycles. The van der Waals surface area contributed by atoms with E-state index in [2.05, 4.69) is 5.32 Å². The Labute approximate surface area is 155 Å². The molecule has 0 amide bonds. The van der Waals surface area contributed by atoms with E-state index in [9.17, 15) is 0 Å². The SMILES string of the molecule is Clc1ccc(Cl)c(-c2ccc(CNCc3ccc4c(c3)OCO4)o2)c1. The molecular formula is C19H15Cl2NO3. The summed E-state index contributed by atoms with van der Waals surface area (Å²) in [4.78, 5) is 0. The lowest BCUT2D eigenvalue weighted by Crippen LogP contribution is -2.11. The zero-order chi connectivity index (χ0) is 17.2. The van der Waals surface area contributed by atoms with E-state index in [4.69, 9.17) is 37.1 Å². The second-order valence-electron chi connectivity index (χ2n) is 5.68. The van der Waals surface area contributed by atoms with Crippen molar-refractivity contribution < 1.29 is 13.9 Å². The van der Waals surface area contributed by atoms with Crippen molar-refractivity contribution in [1.82, 2.24) is 5.32 Å². The fourth-order valence-electron chi connectivity index (χ4n) is 2.68. The zero-order valence-electron chi connectivity index (χ0n) is 13.2. The van der Waals surface area contributed by atoms with E-state index in [-0.39, 0.29) is 6.79 Å². The van der Waals surface area contributed by atoms with Crippen LogP contribution in [0.15, 0.2) is 52.9 Å². The second-order valence-corrected chi connectivity index (χ2v) is 6.52. The second kappa shape index (κ2) is 7.00. The lowest BCUT2D eigenvalue weighted by Gasteiger charge is -2.05. The maximum atomic E-state index is 6.21. The molecule has 0 saturated carbocycles. The fourth-order valence-corrected chi connectivity index (χ4v) is 3.07. The van der Waals surface area contributed by atoms with Gasteiger partial charge in [-0.1, -0.05) is 29.3 Å². The van der Waals surface area contributed by atoms with Crippen LogP contribution in [0.2, 0.25) is 10.0 Å². The van der Waals surface area contributed by atoms with Gasteiger partial charge < -0.3 is 19.2 Å². The molecule has 0 aliphatic carbocycles. The van der Waals surface area contributed by atoms with Crippen LogP contribution in [0.3, 0.4) is 0 Å². The highest BCUT2D eigenvalue weighted by Gasteiger charge is 2.13. The highest BCUT2D eigenvalue weighted by atomic mass is 35.5. The van der Waals surface area contributed by atoms with Crippen LogP contribution >= 0.6 is 23.2 Å². The summed E-state index contributed by atoms with van der Waals surface area (Å²) in [6, 6.07) is 15.1. The lowest BCUT2D eigenvalue weighted by atomic mass is 10.2. The monoisotopic (exact) mass is 375 g/mol. The van der Waals surface area contributed by atoms with E-state index in [1.165, 1.54) is 0 Å².